The quantitative estimate of drug-likeness (QED) is 0.837. The standard InChI is InChI=1S/C17H20N2S/c1-13(18(2)3)12-19-14-8-4-6-10-16(14)20-17-11-7-5-9-15(17)19/h4-11,13H,12H2,1-3H3/i1D3,2D3,3D3,4D,5D,6D,7D,8D,9D,10D,11D,13D. The van der Waals surface area contributed by atoms with Crippen molar-refractivity contribution in [2.45, 2.75) is 22.7 Å². The van der Waals surface area contributed by atoms with Gasteiger partial charge in [0.1, 0.15) is 0 Å². The van der Waals surface area contributed by atoms with Crippen LogP contribution >= 0.6 is 11.8 Å². The van der Waals surface area contributed by atoms with Gasteiger partial charge in [-0.3, -0.25) is 0 Å². The summed E-state index contributed by atoms with van der Waals surface area (Å²) in [6.45, 7) is -12.4. The van der Waals surface area contributed by atoms with Crippen LogP contribution < -0.4 is 4.90 Å². The van der Waals surface area contributed by atoms with Crippen molar-refractivity contribution in [1.29, 1.82) is 0 Å². The molecule has 0 aliphatic carbocycles. The Labute approximate surface area is 150 Å². The number of nitrogens with zero attached hydrogens (tertiary/aromatic N) is 2. The predicted molar refractivity (Wildman–Crippen MR) is 87.2 cm³/mol. The van der Waals surface area contributed by atoms with Crippen molar-refractivity contribution in [3.8, 4) is 0 Å². The molecule has 1 heterocycles. The minimum Gasteiger partial charge on any atom is -0.338 e. The Bertz CT molecular complexity index is 1220. The van der Waals surface area contributed by atoms with Gasteiger partial charge in [0.2, 0.25) is 0 Å². The van der Waals surface area contributed by atoms with Gasteiger partial charge in [-0.25, -0.2) is 0 Å². The van der Waals surface area contributed by atoms with E-state index in [2.05, 4.69) is 0 Å². The molecule has 2 aromatic rings. The molecule has 3 heteroatoms. The number of anilines is 2. The first-order chi connectivity index (χ1) is 17.0. The zero-order valence-electron chi connectivity index (χ0n) is 28.0. The number of hydrogen-bond donors (Lipinski definition) is 0. The number of para-hydroxylation sites is 2. The van der Waals surface area contributed by atoms with Gasteiger partial charge in [0, 0.05) is 36.1 Å². The molecule has 3 rings (SSSR count). The molecule has 0 bridgehead atoms. The van der Waals surface area contributed by atoms with E-state index in [0.717, 1.165) is 0 Å². The topological polar surface area (TPSA) is 6.48 Å². The summed E-state index contributed by atoms with van der Waals surface area (Å²) in [5.41, 5.74) is -0.981. The fourth-order valence-electron chi connectivity index (χ4n) is 1.71. The van der Waals surface area contributed by atoms with E-state index in [1.807, 2.05) is 0 Å². The zero-order valence-corrected chi connectivity index (χ0v) is 10.8. The van der Waals surface area contributed by atoms with E-state index in [-0.39, 0.29) is 9.79 Å². The number of benzene rings is 2. The van der Waals surface area contributed by atoms with Crippen molar-refractivity contribution in [3.63, 3.8) is 0 Å². The molecule has 0 saturated heterocycles. The fraction of sp³-hybridized carbons (Fsp3) is 0.294. The summed E-state index contributed by atoms with van der Waals surface area (Å²) >= 11 is 0.566. The van der Waals surface area contributed by atoms with E-state index in [1.54, 1.807) is 0 Å². The van der Waals surface area contributed by atoms with Gasteiger partial charge in [-0.1, -0.05) is 35.9 Å². The smallest absolute Gasteiger partial charge is 0.0645 e. The Morgan fingerprint density at radius 3 is 2.30 bits per heavy atom. The third-order valence-electron chi connectivity index (χ3n) is 2.59. The van der Waals surface area contributed by atoms with Crippen molar-refractivity contribution in [2.24, 2.45) is 0 Å². The summed E-state index contributed by atoms with van der Waals surface area (Å²) in [4.78, 5) is -0.356. The van der Waals surface area contributed by atoms with Gasteiger partial charge in [-0.2, -0.15) is 0 Å². The highest BCUT2D eigenvalue weighted by Gasteiger charge is 2.24. The number of fused-ring (bicyclic) bond motifs is 2. The van der Waals surface area contributed by atoms with Gasteiger partial charge in [0.25, 0.3) is 0 Å². The molecular formula is C17H20N2S. The van der Waals surface area contributed by atoms with Gasteiger partial charge in [-0.05, 0) is 45.0 Å². The Hall–Kier alpha value is -1.45. The molecule has 0 aromatic heterocycles. The highest BCUT2D eigenvalue weighted by Crippen LogP contribution is 2.47. The largest absolute Gasteiger partial charge is 0.338 e. The van der Waals surface area contributed by atoms with Gasteiger partial charge >= 0.3 is 0 Å². The molecule has 104 valence electrons. The number of likely N-dealkylation sites (N-methyl/N-ethyl adjacent to an activating group) is 1. The summed E-state index contributed by atoms with van der Waals surface area (Å²) < 4.78 is 145. The van der Waals surface area contributed by atoms with E-state index < -0.39 is 98.0 Å². The summed E-state index contributed by atoms with van der Waals surface area (Å²) in [7, 11) is 0. The monoisotopic (exact) mass is 302 g/mol. The molecule has 0 amide bonds. The van der Waals surface area contributed by atoms with E-state index in [4.69, 9.17) is 24.7 Å². The van der Waals surface area contributed by atoms with Gasteiger partial charge in [0.05, 0.1) is 22.3 Å². The van der Waals surface area contributed by atoms with Crippen molar-refractivity contribution in [1.82, 2.24) is 4.90 Å². The van der Waals surface area contributed by atoms with Crippen molar-refractivity contribution in [2.75, 3.05) is 25.4 Å². The summed E-state index contributed by atoms with van der Waals surface area (Å²) in [6, 6.07) is -9.32. The lowest BCUT2D eigenvalue weighted by Crippen LogP contribution is -2.37. The third-order valence-corrected chi connectivity index (χ3v) is 3.59. The van der Waals surface area contributed by atoms with Gasteiger partial charge in [-0.15, -0.1) is 0 Å². The van der Waals surface area contributed by atoms with Crippen LogP contribution in [0, 0.1) is 0 Å². The van der Waals surface area contributed by atoms with Crippen LogP contribution in [0.4, 0.5) is 11.4 Å². The number of rotatable bonds is 3. The highest BCUT2D eigenvalue weighted by atomic mass is 32.2. The Balaban J connectivity index is 2.50. The second kappa shape index (κ2) is 5.51. The molecule has 1 aliphatic heterocycles. The second-order valence-electron chi connectivity index (χ2n) is 3.83. The first-order valence-corrected chi connectivity index (χ1v) is 6.26. The summed E-state index contributed by atoms with van der Waals surface area (Å²) in [5.74, 6) is 0. The maximum atomic E-state index is 8.81. The average Bonchev–Trinajstić information content (AvgIpc) is 2.75. The Morgan fingerprint density at radius 1 is 1.15 bits per heavy atom. The molecule has 1 atom stereocenters. The lowest BCUT2D eigenvalue weighted by molar-refractivity contribution is 0.319. The lowest BCUT2D eigenvalue weighted by Gasteiger charge is -2.36. The maximum absolute atomic E-state index is 8.81. The first kappa shape index (κ1) is 3.84. The average molecular weight is 303 g/mol. The summed E-state index contributed by atoms with van der Waals surface area (Å²) in [5, 5.41) is 0. The molecule has 0 spiro atoms. The molecule has 0 fully saturated rings. The van der Waals surface area contributed by atoms with Crippen LogP contribution in [0.25, 0.3) is 0 Å². The molecule has 20 heavy (non-hydrogen) atoms. The number of hydrogen-bond acceptors (Lipinski definition) is 3. The van der Waals surface area contributed by atoms with Crippen LogP contribution in [0.2, 0.25) is 0 Å². The van der Waals surface area contributed by atoms with Gasteiger partial charge < -0.3 is 9.80 Å². The fourth-order valence-corrected chi connectivity index (χ4v) is 2.63. The van der Waals surface area contributed by atoms with Crippen LogP contribution in [0.15, 0.2) is 58.1 Å². The minimum absolute atomic E-state index is 0.282. The lowest BCUT2D eigenvalue weighted by atomic mass is 10.2. The van der Waals surface area contributed by atoms with Crippen LogP contribution in [-0.2, 0) is 0 Å². The van der Waals surface area contributed by atoms with Gasteiger partial charge in [0.15, 0.2) is 0 Å². The molecule has 2 aromatic carbocycles. The highest BCUT2D eigenvalue weighted by molar-refractivity contribution is 7.99. The normalized spacial score (nSPS) is 31.4. The second-order valence-corrected chi connectivity index (χ2v) is 4.85. The summed E-state index contributed by atoms with van der Waals surface area (Å²) in [6.07, 6.45) is 0. The SMILES string of the molecule is [2H]c1c([2H])c([2H])c2c(c1[2H])Sc1c([2H])c([2H])c([2H])c([2H])c1N2CC([2H])(N(C([2H])([2H])[2H])C([2H])([2H])[2H])C([2H])([2H])[2H]. The van der Waals surface area contributed by atoms with Crippen molar-refractivity contribution >= 4 is 23.1 Å². The molecule has 2 nitrogen and oxygen atoms in total. The molecule has 1 unspecified atom stereocenters. The molecular weight excluding hydrogens is 264 g/mol. The van der Waals surface area contributed by atoms with E-state index in [0.29, 0.717) is 16.7 Å². The van der Waals surface area contributed by atoms with Crippen molar-refractivity contribution < 1.29 is 24.7 Å². The predicted octanol–water partition coefficient (Wildman–Crippen LogP) is 4.24. The van der Waals surface area contributed by atoms with E-state index in [1.165, 1.54) is 0 Å². The van der Waals surface area contributed by atoms with Crippen LogP contribution in [0.1, 0.15) is 31.5 Å². The Morgan fingerprint density at radius 2 is 1.75 bits per heavy atom. The first-order valence-electron chi connectivity index (χ1n) is 14.4. The van der Waals surface area contributed by atoms with E-state index >= 15 is 0 Å². The Kier molecular flexibility index (Phi) is 1.06. The van der Waals surface area contributed by atoms with E-state index in [9.17, 15) is 0 Å². The van der Waals surface area contributed by atoms with Crippen LogP contribution in [0.5, 0.6) is 0 Å². The third kappa shape index (κ3) is 2.43. The molecule has 0 saturated carbocycles. The zero-order chi connectivity index (χ0) is 29.5. The maximum Gasteiger partial charge on any atom is 0.0645 e. The molecule has 0 N–H and O–H groups in total. The molecule has 0 radical (unpaired) electrons. The molecule has 1 aliphatic rings. The van der Waals surface area contributed by atoms with Crippen LogP contribution in [-0.4, -0.2) is 31.4 Å². The van der Waals surface area contributed by atoms with Crippen molar-refractivity contribution in [3.05, 3.63) is 48.3 Å². The van der Waals surface area contributed by atoms with Crippen LogP contribution in [0.3, 0.4) is 0 Å². The minimum atomic E-state index is -3.66.